The lowest BCUT2D eigenvalue weighted by Crippen LogP contribution is -2.36. The van der Waals surface area contributed by atoms with Crippen LogP contribution in [0.1, 0.15) is 46.4 Å². The highest BCUT2D eigenvalue weighted by Gasteiger charge is 2.35. The van der Waals surface area contributed by atoms with Crippen molar-refractivity contribution in [1.29, 1.82) is 0 Å². The maximum absolute atomic E-state index is 12.3. The largest absolute Gasteiger partial charge is 0.354 e. The molecule has 2 N–H and O–H groups in total. The monoisotopic (exact) mass is 421 g/mol. The van der Waals surface area contributed by atoms with Gasteiger partial charge in [0.2, 0.25) is 11.8 Å². The lowest BCUT2D eigenvalue weighted by molar-refractivity contribution is -0.123. The molecule has 0 unspecified atom stereocenters. The number of benzene rings is 1. The van der Waals surface area contributed by atoms with Gasteiger partial charge in [0, 0.05) is 36.4 Å². The highest BCUT2D eigenvalue weighted by atomic mass is 79.9. The Kier molecular flexibility index (Phi) is 5.70. The standard InChI is InChI=1S/C18H20BrN3O4/c19-12-5-6-13-14(10-12)18(26)22(17(13)25)9-1-2-15(23)20-7-8-21-16(24)11-3-4-11/h5-6,10-11H,1-4,7-9H2,(H,20,23)(H,21,24). The minimum absolute atomic E-state index is 0.0523. The topological polar surface area (TPSA) is 95.6 Å². The van der Waals surface area contributed by atoms with Crippen molar-refractivity contribution < 1.29 is 19.2 Å². The molecule has 4 amide bonds. The molecular formula is C18H20BrN3O4. The lowest BCUT2D eigenvalue weighted by Gasteiger charge is -2.13. The summed E-state index contributed by atoms with van der Waals surface area (Å²) in [5.41, 5.74) is 0.786. The molecule has 0 saturated heterocycles. The van der Waals surface area contributed by atoms with Crippen LogP contribution in [-0.4, -0.2) is 48.2 Å². The van der Waals surface area contributed by atoms with E-state index in [1.807, 2.05) is 0 Å². The van der Waals surface area contributed by atoms with Crippen molar-refractivity contribution in [1.82, 2.24) is 15.5 Å². The van der Waals surface area contributed by atoms with Crippen LogP contribution < -0.4 is 10.6 Å². The van der Waals surface area contributed by atoms with Crippen LogP contribution >= 0.6 is 15.9 Å². The normalized spacial score (nSPS) is 15.8. The molecule has 0 aromatic heterocycles. The molecule has 0 radical (unpaired) electrons. The number of imide groups is 1. The van der Waals surface area contributed by atoms with E-state index in [1.54, 1.807) is 18.2 Å². The molecule has 3 rings (SSSR count). The molecule has 2 aliphatic rings. The molecule has 1 saturated carbocycles. The van der Waals surface area contributed by atoms with Gasteiger partial charge in [0.15, 0.2) is 0 Å². The van der Waals surface area contributed by atoms with Crippen LogP contribution in [0.2, 0.25) is 0 Å². The second-order valence-electron chi connectivity index (χ2n) is 6.47. The lowest BCUT2D eigenvalue weighted by atomic mass is 10.1. The summed E-state index contributed by atoms with van der Waals surface area (Å²) in [6.45, 7) is 0.989. The zero-order valence-electron chi connectivity index (χ0n) is 14.2. The molecular weight excluding hydrogens is 402 g/mol. The number of rotatable bonds is 8. The van der Waals surface area contributed by atoms with Gasteiger partial charge in [-0.15, -0.1) is 0 Å². The molecule has 1 aliphatic carbocycles. The third kappa shape index (κ3) is 4.30. The Bertz CT molecular complexity index is 761. The Morgan fingerprint density at radius 2 is 1.77 bits per heavy atom. The van der Waals surface area contributed by atoms with Crippen molar-refractivity contribution in [3.05, 3.63) is 33.8 Å². The van der Waals surface area contributed by atoms with E-state index in [1.165, 1.54) is 4.90 Å². The highest BCUT2D eigenvalue weighted by Crippen LogP contribution is 2.28. The zero-order chi connectivity index (χ0) is 18.7. The van der Waals surface area contributed by atoms with Gasteiger partial charge in [-0.2, -0.15) is 0 Å². The smallest absolute Gasteiger partial charge is 0.261 e. The van der Waals surface area contributed by atoms with E-state index in [9.17, 15) is 19.2 Å². The SMILES string of the molecule is O=C(CCCN1C(=O)c2ccc(Br)cc2C1=O)NCCNC(=O)C1CC1. The van der Waals surface area contributed by atoms with Crippen LogP contribution in [0.25, 0.3) is 0 Å². The molecule has 0 spiro atoms. The van der Waals surface area contributed by atoms with E-state index >= 15 is 0 Å². The predicted octanol–water partition coefficient (Wildman–Crippen LogP) is 1.47. The van der Waals surface area contributed by atoms with Crippen molar-refractivity contribution in [3.8, 4) is 0 Å². The van der Waals surface area contributed by atoms with Crippen LogP contribution in [-0.2, 0) is 9.59 Å². The van der Waals surface area contributed by atoms with Crippen molar-refractivity contribution in [2.24, 2.45) is 5.92 Å². The maximum atomic E-state index is 12.3. The summed E-state index contributed by atoms with van der Waals surface area (Å²) in [4.78, 5) is 49.0. The third-order valence-corrected chi connectivity index (χ3v) is 4.91. The Labute approximate surface area is 159 Å². The molecule has 8 heteroatoms. The molecule has 7 nitrogen and oxygen atoms in total. The number of fused-ring (bicyclic) bond motifs is 1. The number of carbonyl (C=O) groups excluding carboxylic acids is 4. The molecule has 26 heavy (non-hydrogen) atoms. The number of halogens is 1. The minimum Gasteiger partial charge on any atom is -0.354 e. The van der Waals surface area contributed by atoms with E-state index in [4.69, 9.17) is 0 Å². The van der Waals surface area contributed by atoms with Gasteiger partial charge >= 0.3 is 0 Å². The predicted molar refractivity (Wildman–Crippen MR) is 97.5 cm³/mol. The number of amides is 4. The minimum atomic E-state index is -0.325. The van der Waals surface area contributed by atoms with E-state index in [2.05, 4.69) is 26.6 Å². The molecule has 0 atom stereocenters. The number of carbonyl (C=O) groups is 4. The number of nitrogens with zero attached hydrogens (tertiary/aromatic N) is 1. The van der Waals surface area contributed by atoms with Crippen molar-refractivity contribution in [2.45, 2.75) is 25.7 Å². The van der Waals surface area contributed by atoms with Gasteiger partial charge in [0.25, 0.3) is 11.8 Å². The average Bonchev–Trinajstić information content (AvgIpc) is 3.43. The van der Waals surface area contributed by atoms with Crippen LogP contribution in [0.3, 0.4) is 0 Å². The molecule has 138 valence electrons. The Balaban J connectivity index is 1.37. The fraction of sp³-hybridized carbons (Fsp3) is 0.444. The van der Waals surface area contributed by atoms with Gasteiger partial charge < -0.3 is 10.6 Å². The van der Waals surface area contributed by atoms with Gasteiger partial charge in [-0.3, -0.25) is 24.1 Å². The highest BCUT2D eigenvalue weighted by molar-refractivity contribution is 9.10. The summed E-state index contributed by atoms with van der Waals surface area (Å²) in [6, 6.07) is 4.99. The van der Waals surface area contributed by atoms with Crippen molar-refractivity contribution in [2.75, 3.05) is 19.6 Å². The molecule has 1 aromatic carbocycles. The second-order valence-corrected chi connectivity index (χ2v) is 7.39. The number of hydrogen-bond donors (Lipinski definition) is 2. The summed E-state index contributed by atoms with van der Waals surface area (Å²) in [5, 5.41) is 5.49. The first-order valence-corrected chi connectivity index (χ1v) is 9.47. The summed E-state index contributed by atoms with van der Waals surface area (Å²) in [5.74, 6) is -0.595. The first-order chi connectivity index (χ1) is 12.5. The molecule has 1 fully saturated rings. The molecule has 1 aromatic rings. The van der Waals surface area contributed by atoms with E-state index in [0.717, 1.165) is 17.3 Å². The maximum Gasteiger partial charge on any atom is 0.261 e. The average molecular weight is 422 g/mol. The fourth-order valence-electron chi connectivity index (χ4n) is 2.83. The second kappa shape index (κ2) is 7.99. The Morgan fingerprint density at radius 1 is 1.08 bits per heavy atom. The van der Waals surface area contributed by atoms with E-state index in [-0.39, 0.29) is 42.5 Å². The Morgan fingerprint density at radius 3 is 2.50 bits per heavy atom. The van der Waals surface area contributed by atoms with Gasteiger partial charge in [0.05, 0.1) is 11.1 Å². The molecule has 0 bridgehead atoms. The van der Waals surface area contributed by atoms with Crippen LogP contribution in [0.5, 0.6) is 0 Å². The van der Waals surface area contributed by atoms with Crippen LogP contribution in [0, 0.1) is 5.92 Å². The molecule has 1 aliphatic heterocycles. The van der Waals surface area contributed by atoms with Gasteiger partial charge in [-0.05, 0) is 37.5 Å². The molecule has 1 heterocycles. The number of hydrogen-bond acceptors (Lipinski definition) is 4. The first kappa shape index (κ1) is 18.6. The number of nitrogens with one attached hydrogen (secondary N) is 2. The van der Waals surface area contributed by atoms with Gasteiger partial charge in [0.1, 0.15) is 0 Å². The summed E-state index contributed by atoms with van der Waals surface area (Å²) in [6.07, 6.45) is 2.51. The third-order valence-electron chi connectivity index (χ3n) is 4.41. The van der Waals surface area contributed by atoms with Gasteiger partial charge in [-0.1, -0.05) is 15.9 Å². The van der Waals surface area contributed by atoms with E-state index in [0.29, 0.717) is 30.6 Å². The quantitative estimate of drug-likeness (QED) is 0.490. The summed E-state index contributed by atoms with van der Waals surface area (Å²) in [7, 11) is 0. The summed E-state index contributed by atoms with van der Waals surface area (Å²) < 4.78 is 0.743. The van der Waals surface area contributed by atoms with E-state index < -0.39 is 0 Å². The first-order valence-electron chi connectivity index (χ1n) is 8.67. The fourth-order valence-corrected chi connectivity index (χ4v) is 3.19. The van der Waals surface area contributed by atoms with Crippen LogP contribution in [0.15, 0.2) is 22.7 Å². The zero-order valence-corrected chi connectivity index (χ0v) is 15.8. The van der Waals surface area contributed by atoms with Crippen molar-refractivity contribution in [3.63, 3.8) is 0 Å². The van der Waals surface area contributed by atoms with Crippen LogP contribution in [0.4, 0.5) is 0 Å². The Hall–Kier alpha value is -2.22. The summed E-state index contributed by atoms with van der Waals surface area (Å²) >= 11 is 3.29. The van der Waals surface area contributed by atoms with Crippen molar-refractivity contribution >= 4 is 39.6 Å². The van der Waals surface area contributed by atoms with Gasteiger partial charge in [-0.25, -0.2) is 0 Å².